The molecule has 1 saturated heterocycles. The van der Waals surface area contributed by atoms with E-state index < -0.39 is 11.4 Å². The maximum atomic E-state index is 12.1. The zero-order chi connectivity index (χ0) is 15.2. The molecule has 0 aromatic rings. The van der Waals surface area contributed by atoms with Crippen LogP contribution in [0.15, 0.2) is 0 Å². The summed E-state index contributed by atoms with van der Waals surface area (Å²) in [5.41, 5.74) is -0.876. The third-order valence-electron chi connectivity index (χ3n) is 4.55. The van der Waals surface area contributed by atoms with Crippen LogP contribution in [-0.4, -0.2) is 53.4 Å². The molecule has 0 aromatic heterocycles. The number of carboxylic acids is 1. The number of amides is 2. The topological polar surface area (TPSA) is 89.9 Å². The predicted octanol–water partition coefficient (Wildman–Crippen LogP) is 1.29. The average Bonchev–Trinajstić information content (AvgIpc) is 2.48. The molecule has 1 rings (SSSR count). The van der Waals surface area contributed by atoms with Crippen LogP contribution in [0.3, 0.4) is 0 Å². The van der Waals surface area contributed by atoms with Crippen molar-refractivity contribution in [3.63, 3.8) is 0 Å². The first-order valence-corrected chi connectivity index (χ1v) is 7.36. The van der Waals surface area contributed by atoms with Crippen molar-refractivity contribution in [2.24, 2.45) is 11.3 Å². The zero-order valence-corrected chi connectivity index (χ0v) is 12.4. The van der Waals surface area contributed by atoms with Gasteiger partial charge in [0, 0.05) is 26.2 Å². The van der Waals surface area contributed by atoms with Crippen LogP contribution in [0.25, 0.3) is 0 Å². The molecule has 6 nitrogen and oxygen atoms in total. The number of nitrogens with one attached hydrogen (secondary N) is 1. The highest BCUT2D eigenvalue weighted by Crippen LogP contribution is 2.26. The molecule has 1 aliphatic heterocycles. The molecule has 0 unspecified atom stereocenters. The van der Waals surface area contributed by atoms with Crippen LogP contribution < -0.4 is 5.32 Å². The summed E-state index contributed by atoms with van der Waals surface area (Å²) in [4.78, 5) is 25.1. The predicted molar refractivity (Wildman–Crippen MR) is 75.4 cm³/mol. The maximum absolute atomic E-state index is 12.1. The fourth-order valence-electron chi connectivity index (χ4n) is 2.55. The molecule has 0 spiro atoms. The second kappa shape index (κ2) is 7.47. The Morgan fingerprint density at radius 2 is 1.80 bits per heavy atom. The quantitative estimate of drug-likeness (QED) is 0.686. The van der Waals surface area contributed by atoms with E-state index in [1.165, 1.54) is 0 Å². The lowest BCUT2D eigenvalue weighted by Gasteiger charge is -2.33. The monoisotopic (exact) mass is 286 g/mol. The molecule has 20 heavy (non-hydrogen) atoms. The number of urea groups is 1. The van der Waals surface area contributed by atoms with E-state index in [-0.39, 0.29) is 25.1 Å². The first-order valence-electron chi connectivity index (χ1n) is 7.36. The van der Waals surface area contributed by atoms with E-state index in [0.29, 0.717) is 25.9 Å². The SMILES string of the molecule is CCC(CC)(CNC(=O)N1CCC(CO)CC1)C(=O)O. The van der Waals surface area contributed by atoms with Crippen LogP contribution in [-0.2, 0) is 4.79 Å². The molecule has 116 valence electrons. The number of aliphatic hydroxyl groups excluding tert-OH is 1. The summed E-state index contributed by atoms with van der Waals surface area (Å²) >= 11 is 0. The zero-order valence-electron chi connectivity index (χ0n) is 12.4. The van der Waals surface area contributed by atoms with Gasteiger partial charge in [-0.2, -0.15) is 0 Å². The fraction of sp³-hybridized carbons (Fsp3) is 0.857. The Morgan fingerprint density at radius 3 is 2.20 bits per heavy atom. The molecule has 0 aliphatic carbocycles. The Bertz CT molecular complexity index is 334. The second-order valence-corrected chi connectivity index (χ2v) is 5.56. The number of likely N-dealkylation sites (tertiary alicyclic amines) is 1. The van der Waals surface area contributed by atoms with Gasteiger partial charge in [-0.25, -0.2) is 4.79 Å². The van der Waals surface area contributed by atoms with Crippen molar-refractivity contribution in [1.82, 2.24) is 10.2 Å². The molecule has 0 radical (unpaired) electrons. The van der Waals surface area contributed by atoms with Crippen molar-refractivity contribution in [1.29, 1.82) is 0 Å². The second-order valence-electron chi connectivity index (χ2n) is 5.56. The van der Waals surface area contributed by atoms with Gasteiger partial charge in [-0.15, -0.1) is 0 Å². The number of nitrogens with zero attached hydrogens (tertiary/aromatic N) is 1. The first kappa shape index (κ1) is 16.8. The molecule has 1 aliphatic rings. The Hall–Kier alpha value is -1.30. The van der Waals surface area contributed by atoms with Crippen molar-refractivity contribution >= 4 is 12.0 Å². The fourth-order valence-corrected chi connectivity index (χ4v) is 2.55. The highest BCUT2D eigenvalue weighted by molar-refractivity contribution is 5.78. The van der Waals surface area contributed by atoms with Crippen molar-refractivity contribution in [2.45, 2.75) is 39.5 Å². The van der Waals surface area contributed by atoms with Crippen LogP contribution in [0.2, 0.25) is 0 Å². The van der Waals surface area contributed by atoms with Gasteiger partial charge in [0.25, 0.3) is 0 Å². The lowest BCUT2D eigenvalue weighted by atomic mass is 9.82. The van der Waals surface area contributed by atoms with Crippen molar-refractivity contribution < 1.29 is 19.8 Å². The van der Waals surface area contributed by atoms with Gasteiger partial charge in [0.1, 0.15) is 0 Å². The van der Waals surface area contributed by atoms with Crippen molar-refractivity contribution in [3.05, 3.63) is 0 Å². The third-order valence-corrected chi connectivity index (χ3v) is 4.55. The average molecular weight is 286 g/mol. The Kier molecular flexibility index (Phi) is 6.26. The number of aliphatic carboxylic acids is 1. The summed E-state index contributed by atoms with van der Waals surface area (Å²) in [6.07, 6.45) is 2.59. The summed E-state index contributed by atoms with van der Waals surface area (Å²) in [5, 5.41) is 21.1. The third kappa shape index (κ3) is 3.85. The molecule has 1 heterocycles. The van der Waals surface area contributed by atoms with E-state index in [2.05, 4.69) is 5.32 Å². The van der Waals surface area contributed by atoms with E-state index in [0.717, 1.165) is 12.8 Å². The van der Waals surface area contributed by atoms with Crippen LogP contribution in [0.4, 0.5) is 4.79 Å². The summed E-state index contributed by atoms with van der Waals surface area (Å²) in [5.74, 6) is -0.578. The van der Waals surface area contributed by atoms with Crippen molar-refractivity contribution in [3.8, 4) is 0 Å². The molecular formula is C14H26N2O4. The van der Waals surface area contributed by atoms with Crippen LogP contribution >= 0.6 is 0 Å². The highest BCUT2D eigenvalue weighted by Gasteiger charge is 2.35. The Morgan fingerprint density at radius 1 is 1.25 bits per heavy atom. The number of piperidine rings is 1. The lowest BCUT2D eigenvalue weighted by Crippen LogP contribution is -2.49. The van der Waals surface area contributed by atoms with Gasteiger partial charge >= 0.3 is 12.0 Å². The van der Waals surface area contributed by atoms with Gasteiger partial charge < -0.3 is 20.4 Å². The molecule has 3 N–H and O–H groups in total. The maximum Gasteiger partial charge on any atom is 0.317 e. The number of rotatable bonds is 6. The standard InChI is InChI=1S/C14H26N2O4/c1-3-14(4-2,12(18)19)10-15-13(20)16-7-5-11(9-17)6-8-16/h11,17H,3-10H2,1-2H3,(H,15,20)(H,18,19). The van der Waals surface area contributed by atoms with E-state index >= 15 is 0 Å². The highest BCUT2D eigenvalue weighted by atomic mass is 16.4. The van der Waals surface area contributed by atoms with Gasteiger partial charge in [-0.05, 0) is 31.6 Å². The van der Waals surface area contributed by atoms with Crippen LogP contribution in [0, 0.1) is 11.3 Å². The number of carbonyl (C=O) groups is 2. The number of carbonyl (C=O) groups excluding carboxylic acids is 1. The normalized spacial score (nSPS) is 17.1. The molecule has 0 atom stereocenters. The largest absolute Gasteiger partial charge is 0.481 e. The lowest BCUT2D eigenvalue weighted by molar-refractivity contribution is -0.149. The van der Waals surface area contributed by atoms with Crippen molar-refractivity contribution in [2.75, 3.05) is 26.2 Å². The van der Waals surface area contributed by atoms with E-state index in [1.807, 2.05) is 13.8 Å². The van der Waals surface area contributed by atoms with E-state index in [9.17, 15) is 14.7 Å². The molecule has 0 bridgehead atoms. The molecule has 2 amide bonds. The molecule has 0 aromatic carbocycles. The van der Waals surface area contributed by atoms with E-state index in [1.54, 1.807) is 4.90 Å². The van der Waals surface area contributed by atoms with Crippen LogP contribution in [0.5, 0.6) is 0 Å². The van der Waals surface area contributed by atoms with Gasteiger partial charge in [0.05, 0.1) is 5.41 Å². The minimum atomic E-state index is -0.876. The van der Waals surface area contributed by atoms with Gasteiger partial charge in [-0.1, -0.05) is 13.8 Å². The van der Waals surface area contributed by atoms with Crippen LogP contribution in [0.1, 0.15) is 39.5 Å². The smallest absolute Gasteiger partial charge is 0.317 e. The van der Waals surface area contributed by atoms with Gasteiger partial charge in [0.15, 0.2) is 0 Å². The molecule has 0 saturated carbocycles. The van der Waals surface area contributed by atoms with E-state index in [4.69, 9.17) is 5.11 Å². The minimum Gasteiger partial charge on any atom is -0.481 e. The summed E-state index contributed by atoms with van der Waals surface area (Å²) < 4.78 is 0. The van der Waals surface area contributed by atoms with Gasteiger partial charge in [-0.3, -0.25) is 4.79 Å². The number of hydrogen-bond donors (Lipinski definition) is 3. The Balaban J connectivity index is 2.48. The molecule has 1 fully saturated rings. The number of carboxylic acid groups (broad SMARTS) is 1. The molecular weight excluding hydrogens is 260 g/mol. The summed E-state index contributed by atoms with van der Waals surface area (Å²) in [7, 11) is 0. The number of hydrogen-bond acceptors (Lipinski definition) is 3. The Labute approximate surface area is 120 Å². The first-order chi connectivity index (χ1) is 9.49. The summed E-state index contributed by atoms with van der Waals surface area (Å²) in [6, 6.07) is -0.200. The minimum absolute atomic E-state index is 0.161. The van der Waals surface area contributed by atoms with Gasteiger partial charge in [0.2, 0.25) is 0 Å². The molecule has 6 heteroatoms. The summed E-state index contributed by atoms with van der Waals surface area (Å²) in [6.45, 7) is 5.23. The number of aliphatic hydroxyl groups is 1.